The van der Waals surface area contributed by atoms with Crippen molar-refractivity contribution in [1.82, 2.24) is 15.5 Å². The van der Waals surface area contributed by atoms with Crippen LogP contribution in [0.1, 0.15) is 33.3 Å². The van der Waals surface area contributed by atoms with Gasteiger partial charge in [0.1, 0.15) is 5.82 Å². The number of hydrogen-bond donors (Lipinski definition) is 2. The Morgan fingerprint density at radius 2 is 2.09 bits per heavy atom. The Kier molecular flexibility index (Phi) is 6.39. The molecule has 2 atom stereocenters. The molecule has 1 aromatic rings. The van der Waals surface area contributed by atoms with Crippen LogP contribution < -0.4 is 10.6 Å². The van der Waals surface area contributed by atoms with Crippen molar-refractivity contribution in [2.24, 2.45) is 10.9 Å². The van der Waals surface area contributed by atoms with E-state index in [2.05, 4.69) is 41.3 Å². The monoisotopic (exact) mass is 320 g/mol. The quantitative estimate of drug-likeness (QED) is 0.647. The zero-order valence-corrected chi connectivity index (χ0v) is 14.6. The van der Waals surface area contributed by atoms with Crippen molar-refractivity contribution in [3.8, 4) is 0 Å². The SMILES string of the molecule is CCNC(=NCc1ccccc1F)NC1CN(C(C)C)CC1C. The molecule has 1 heterocycles. The fourth-order valence-corrected chi connectivity index (χ4v) is 2.90. The van der Waals surface area contributed by atoms with E-state index in [1.165, 1.54) is 6.07 Å². The van der Waals surface area contributed by atoms with Crippen molar-refractivity contribution in [3.63, 3.8) is 0 Å². The lowest BCUT2D eigenvalue weighted by atomic mass is 10.1. The molecule has 23 heavy (non-hydrogen) atoms. The first-order chi connectivity index (χ1) is 11.0. The average molecular weight is 320 g/mol. The summed E-state index contributed by atoms with van der Waals surface area (Å²) >= 11 is 0. The van der Waals surface area contributed by atoms with Crippen LogP contribution in [0.5, 0.6) is 0 Å². The molecule has 1 aliphatic heterocycles. The van der Waals surface area contributed by atoms with Gasteiger partial charge in [0.2, 0.25) is 0 Å². The summed E-state index contributed by atoms with van der Waals surface area (Å²) in [6.45, 7) is 12.0. The van der Waals surface area contributed by atoms with Crippen molar-refractivity contribution >= 4 is 5.96 Å². The van der Waals surface area contributed by atoms with Gasteiger partial charge >= 0.3 is 0 Å². The molecule has 0 bridgehead atoms. The Labute approximate surface area is 139 Å². The van der Waals surface area contributed by atoms with Gasteiger partial charge in [-0.05, 0) is 32.8 Å². The fraction of sp³-hybridized carbons (Fsp3) is 0.611. The molecule has 1 aromatic carbocycles. The van der Waals surface area contributed by atoms with Gasteiger partial charge in [0.25, 0.3) is 0 Å². The van der Waals surface area contributed by atoms with E-state index in [4.69, 9.17) is 0 Å². The molecular formula is C18H29FN4. The number of hydrogen-bond acceptors (Lipinski definition) is 2. The van der Waals surface area contributed by atoms with E-state index in [1.807, 2.05) is 13.0 Å². The third-order valence-electron chi connectivity index (χ3n) is 4.40. The first kappa shape index (κ1) is 17.7. The molecule has 5 heteroatoms. The zero-order chi connectivity index (χ0) is 16.8. The number of aliphatic imine (C=N–C) groups is 1. The summed E-state index contributed by atoms with van der Waals surface area (Å²) in [4.78, 5) is 7.02. The summed E-state index contributed by atoms with van der Waals surface area (Å²) < 4.78 is 13.7. The molecule has 2 unspecified atom stereocenters. The highest BCUT2D eigenvalue weighted by Gasteiger charge is 2.31. The van der Waals surface area contributed by atoms with Crippen LogP contribution >= 0.6 is 0 Å². The lowest BCUT2D eigenvalue weighted by molar-refractivity contribution is 0.265. The van der Waals surface area contributed by atoms with Gasteiger partial charge in [0, 0.05) is 37.3 Å². The van der Waals surface area contributed by atoms with Gasteiger partial charge in [-0.3, -0.25) is 4.90 Å². The second kappa shape index (κ2) is 8.29. The van der Waals surface area contributed by atoms with Crippen LogP contribution in [-0.2, 0) is 6.54 Å². The van der Waals surface area contributed by atoms with Gasteiger partial charge in [0.05, 0.1) is 6.54 Å². The average Bonchev–Trinajstić information content (AvgIpc) is 2.88. The maximum atomic E-state index is 13.7. The standard InChI is InChI=1S/C18H29FN4/c1-5-20-18(21-10-15-8-6-7-9-16(15)19)22-17-12-23(13(2)3)11-14(17)4/h6-9,13-14,17H,5,10-12H2,1-4H3,(H2,20,21,22). The number of nitrogens with one attached hydrogen (secondary N) is 2. The zero-order valence-electron chi connectivity index (χ0n) is 14.6. The van der Waals surface area contributed by atoms with E-state index in [1.54, 1.807) is 12.1 Å². The highest BCUT2D eigenvalue weighted by Crippen LogP contribution is 2.18. The topological polar surface area (TPSA) is 39.7 Å². The van der Waals surface area contributed by atoms with Crippen LogP contribution in [0.25, 0.3) is 0 Å². The molecule has 0 aliphatic carbocycles. The molecule has 1 aliphatic rings. The van der Waals surface area contributed by atoms with E-state index >= 15 is 0 Å². The maximum absolute atomic E-state index is 13.7. The van der Waals surface area contributed by atoms with Gasteiger partial charge in [-0.25, -0.2) is 9.38 Å². The number of guanidine groups is 1. The molecule has 4 nitrogen and oxygen atoms in total. The van der Waals surface area contributed by atoms with Crippen LogP contribution in [0.4, 0.5) is 4.39 Å². The predicted molar refractivity (Wildman–Crippen MR) is 94.0 cm³/mol. The van der Waals surface area contributed by atoms with Crippen molar-refractivity contribution in [2.45, 2.75) is 46.3 Å². The highest BCUT2D eigenvalue weighted by atomic mass is 19.1. The smallest absolute Gasteiger partial charge is 0.191 e. The number of rotatable bonds is 5. The van der Waals surface area contributed by atoms with Gasteiger partial charge < -0.3 is 10.6 Å². The summed E-state index contributed by atoms with van der Waals surface area (Å²) in [7, 11) is 0. The summed E-state index contributed by atoms with van der Waals surface area (Å²) in [5.74, 6) is 1.13. The number of halogens is 1. The van der Waals surface area contributed by atoms with Crippen molar-refractivity contribution in [2.75, 3.05) is 19.6 Å². The van der Waals surface area contributed by atoms with E-state index in [0.29, 0.717) is 30.1 Å². The largest absolute Gasteiger partial charge is 0.357 e. The summed E-state index contributed by atoms with van der Waals surface area (Å²) in [6, 6.07) is 7.73. The second-order valence-electron chi connectivity index (χ2n) is 6.56. The Morgan fingerprint density at radius 3 is 2.70 bits per heavy atom. The molecule has 0 spiro atoms. The maximum Gasteiger partial charge on any atom is 0.191 e. The molecule has 128 valence electrons. The third kappa shape index (κ3) is 4.93. The molecule has 2 N–H and O–H groups in total. The lowest BCUT2D eigenvalue weighted by Crippen LogP contribution is -2.46. The van der Waals surface area contributed by atoms with Crippen LogP contribution in [0.3, 0.4) is 0 Å². The minimum Gasteiger partial charge on any atom is -0.357 e. The minimum absolute atomic E-state index is 0.202. The number of benzene rings is 1. The Balaban J connectivity index is 2.01. The molecule has 0 saturated carbocycles. The van der Waals surface area contributed by atoms with Crippen molar-refractivity contribution in [1.29, 1.82) is 0 Å². The Morgan fingerprint density at radius 1 is 1.35 bits per heavy atom. The van der Waals surface area contributed by atoms with Gasteiger partial charge in [-0.2, -0.15) is 0 Å². The molecule has 0 radical (unpaired) electrons. The predicted octanol–water partition coefficient (Wildman–Crippen LogP) is 2.61. The Hall–Kier alpha value is -1.62. The summed E-state index contributed by atoms with van der Waals surface area (Å²) in [5, 5.41) is 6.78. The van der Waals surface area contributed by atoms with E-state index < -0.39 is 0 Å². The normalized spacial score (nSPS) is 22.6. The first-order valence-electron chi connectivity index (χ1n) is 8.53. The first-order valence-corrected chi connectivity index (χ1v) is 8.53. The fourth-order valence-electron chi connectivity index (χ4n) is 2.90. The van der Waals surface area contributed by atoms with Gasteiger partial charge in [0.15, 0.2) is 5.96 Å². The van der Waals surface area contributed by atoms with Crippen LogP contribution in [0.2, 0.25) is 0 Å². The third-order valence-corrected chi connectivity index (χ3v) is 4.40. The Bertz CT molecular complexity index is 530. The number of nitrogens with zero attached hydrogens (tertiary/aromatic N) is 2. The molecule has 0 aromatic heterocycles. The minimum atomic E-state index is -0.202. The highest BCUT2D eigenvalue weighted by molar-refractivity contribution is 5.80. The van der Waals surface area contributed by atoms with Crippen LogP contribution in [0, 0.1) is 11.7 Å². The summed E-state index contributed by atoms with van der Waals surface area (Å²) in [6.07, 6.45) is 0. The molecule has 2 rings (SSSR count). The number of likely N-dealkylation sites (tertiary alicyclic amines) is 1. The van der Waals surface area contributed by atoms with E-state index in [9.17, 15) is 4.39 Å². The molecule has 1 saturated heterocycles. The van der Waals surface area contributed by atoms with E-state index in [0.717, 1.165) is 25.6 Å². The summed E-state index contributed by atoms with van der Waals surface area (Å²) in [5.41, 5.74) is 0.619. The van der Waals surface area contributed by atoms with E-state index in [-0.39, 0.29) is 5.82 Å². The van der Waals surface area contributed by atoms with Crippen LogP contribution in [-0.4, -0.2) is 42.6 Å². The lowest BCUT2D eigenvalue weighted by Gasteiger charge is -2.22. The second-order valence-corrected chi connectivity index (χ2v) is 6.56. The van der Waals surface area contributed by atoms with Gasteiger partial charge in [-0.15, -0.1) is 0 Å². The van der Waals surface area contributed by atoms with Crippen molar-refractivity contribution in [3.05, 3.63) is 35.6 Å². The van der Waals surface area contributed by atoms with Crippen LogP contribution in [0.15, 0.2) is 29.3 Å². The molecule has 0 amide bonds. The molecular weight excluding hydrogens is 291 g/mol. The van der Waals surface area contributed by atoms with Gasteiger partial charge in [-0.1, -0.05) is 25.1 Å². The molecule has 1 fully saturated rings. The van der Waals surface area contributed by atoms with Crippen molar-refractivity contribution < 1.29 is 4.39 Å².